The topological polar surface area (TPSA) is 70.8 Å². The van der Waals surface area contributed by atoms with Gasteiger partial charge in [0, 0.05) is 64.3 Å². The molecule has 2 heterocycles. The molecule has 0 unspecified atom stereocenters. The molecule has 8 nitrogen and oxygen atoms in total. The highest BCUT2D eigenvalue weighted by molar-refractivity contribution is 6.30. The summed E-state index contributed by atoms with van der Waals surface area (Å²) in [4.78, 5) is 9.17. The zero-order valence-corrected chi connectivity index (χ0v) is 18.0. The van der Waals surface area contributed by atoms with Crippen molar-refractivity contribution in [1.82, 2.24) is 29.9 Å². The molecular weight excluding hydrogens is 390 g/mol. The van der Waals surface area contributed by atoms with Crippen LogP contribution in [0.2, 0.25) is 5.02 Å². The first kappa shape index (κ1) is 21.4. The number of aromatic nitrogens is 3. The van der Waals surface area contributed by atoms with Crippen LogP contribution >= 0.6 is 11.6 Å². The smallest absolute Gasteiger partial charge is 0.193 e. The molecule has 0 atom stereocenters. The van der Waals surface area contributed by atoms with E-state index in [1.807, 2.05) is 31.3 Å². The van der Waals surface area contributed by atoms with Gasteiger partial charge in [0.2, 0.25) is 0 Å². The summed E-state index contributed by atoms with van der Waals surface area (Å²) >= 11 is 5.90. The Kier molecular flexibility index (Phi) is 8.13. The van der Waals surface area contributed by atoms with Gasteiger partial charge in [0.05, 0.1) is 0 Å². The van der Waals surface area contributed by atoms with Gasteiger partial charge in [-0.15, -0.1) is 10.2 Å². The van der Waals surface area contributed by atoms with Crippen molar-refractivity contribution in [3.8, 4) is 5.75 Å². The second kappa shape index (κ2) is 11.0. The fraction of sp³-hybridized carbons (Fsp3) is 0.550. The number of guanidine groups is 1. The highest BCUT2D eigenvalue weighted by atomic mass is 35.5. The molecule has 9 heteroatoms. The summed E-state index contributed by atoms with van der Waals surface area (Å²) in [6, 6.07) is 7.50. The average molecular weight is 420 g/mol. The molecule has 3 rings (SSSR count). The van der Waals surface area contributed by atoms with Crippen molar-refractivity contribution in [2.45, 2.75) is 19.9 Å². The number of aryl methyl sites for hydroxylation is 1. The minimum atomic E-state index is 0.674. The Bertz CT molecular complexity index is 769. The largest absolute Gasteiger partial charge is 0.492 e. The fourth-order valence-electron chi connectivity index (χ4n) is 3.37. The molecule has 1 N–H and O–H groups in total. The fourth-order valence-corrected chi connectivity index (χ4v) is 3.49. The van der Waals surface area contributed by atoms with Crippen molar-refractivity contribution in [3.63, 3.8) is 0 Å². The van der Waals surface area contributed by atoms with E-state index in [4.69, 9.17) is 16.3 Å². The van der Waals surface area contributed by atoms with Gasteiger partial charge in [-0.3, -0.25) is 9.89 Å². The van der Waals surface area contributed by atoms with Crippen molar-refractivity contribution in [2.24, 2.45) is 4.99 Å². The third-order valence-corrected chi connectivity index (χ3v) is 5.27. The maximum atomic E-state index is 5.90. The van der Waals surface area contributed by atoms with E-state index in [2.05, 4.69) is 41.8 Å². The molecule has 29 heavy (non-hydrogen) atoms. The number of aliphatic imine (C=N–C) groups is 1. The summed E-state index contributed by atoms with van der Waals surface area (Å²) in [5, 5.41) is 12.3. The number of hydrogen-bond donors (Lipinski definition) is 1. The molecular formula is C20H30ClN7O. The number of rotatable bonds is 8. The van der Waals surface area contributed by atoms with Gasteiger partial charge in [0.15, 0.2) is 5.96 Å². The number of piperazine rings is 1. The van der Waals surface area contributed by atoms with Gasteiger partial charge in [0.1, 0.15) is 24.5 Å². The van der Waals surface area contributed by atoms with Gasteiger partial charge < -0.3 is 19.5 Å². The Balaban J connectivity index is 1.35. The normalized spacial score (nSPS) is 15.6. The van der Waals surface area contributed by atoms with Crippen LogP contribution in [0.25, 0.3) is 0 Å². The third kappa shape index (κ3) is 6.33. The first-order valence-corrected chi connectivity index (χ1v) is 10.5. The molecule has 0 amide bonds. The zero-order chi connectivity index (χ0) is 20.5. The van der Waals surface area contributed by atoms with Crippen LogP contribution in [-0.4, -0.2) is 83.4 Å². The van der Waals surface area contributed by atoms with Gasteiger partial charge in [-0.25, -0.2) is 0 Å². The summed E-state index contributed by atoms with van der Waals surface area (Å²) in [6.45, 7) is 9.20. The van der Waals surface area contributed by atoms with E-state index < -0.39 is 0 Å². The van der Waals surface area contributed by atoms with Gasteiger partial charge >= 0.3 is 0 Å². The van der Waals surface area contributed by atoms with E-state index in [1.54, 1.807) is 6.33 Å². The lowest BCUT2D eigenvalue weighted by molar-refractivity contribution is 0.152. The van der Waals surface area contributed by atoms with E-state index in [9.17, 15) is 0 Å². The Morgan fingerprint density at radius 1 is 1.17 bits per heavy atom. The predicted octanol–water partition coefficient (Wildman–Crippen LogP) is 1.77. The highest BCUT2D eigenvalue weighted by Gasteiger charge is 2.19. The minimum Gasteiger partial charge on any atom is -0.492 e. The molecule has 1 aliphatic heterocycles. The van der Waals surface area contributed by atoms with E-state index in [0.29, 0.717) is 6.61 Å². The zero-order valence-electron chi connectivity index (χ0n) is 17.2. The average Bonchev–Trinajstić information content (AvgIpc) is 3.21. The van der Waals surface area contributed by atoms with Gasteiger partial charge in [0.25, 0.3) is 0 Å². The Morgan fingerprint density at radius 2 is 1.93 bits per heavy atom. The second-order valence-corrected chi connectivity index (χ2v) is 7.34. The minimum absolute atomic E-state index is 0.674. The second-order valence-electron chi connectivity index (χ2n) is 6.90. The van der Waals surface area contributed by atoms with Crippen LogP contribution in [0.15, 0.2) is 35.6 Å². The summed E-state index contributed by atoms with van der Waals surface area (Å²) in [5.74, 6) is 2.82. The van der Waals surface area contributed by atoms with Crippen LogP contribution < -0.4 is 10.1 Å². The van der Waals surface area contributed by atoms with Gasteiger partial charge in [-0.2, -0.15) is 0 Å². The summed E-state index contributed by atoms with van der Waals surface area (Å²) < 4.78 is 7.89. The third-order valence-electron chi connectivity index (χ3n) is 5.02. The first-order chi connectivity index (χ1) is 14.2. The van der Waals surface area contributed by atoms with E-state index >= 15 is 0 Å². The molecule has 2 aromatic rings. The first-order valence-electron chi connectivity index (χ1n) is 10.1. The van der Waals surface area contributed by atoms with E-state index in [-0.39, 0.29) is 0 Å². The summed E-state index contributed by atoms with van der Waals surface area (Å²) in [5.41, 5.74) is 0. The molecule has 0 radical (unpaired) electrons. The molecule has 1 aromatic carbocycles. The Labute approximate surface area is 177 Å². The van der Waals surface area contributed by atoms with E-state index in [1.165, 1.54) is 0 Å². The maximum absolute atomic E-state index is 5.90. The number of halogens is 1. The molecule has 1 aromatic heterocycles. The maximum Gasteiger partial charge on any atom is 0.193 e. The lowest BCUT2D eigenvalue weighted by Crippen LogP contribution is -2.53. The highest BCUT2D eigenvalue weighted by Crippen LogP contribution is 2.15. The van der Waals surface area contributed by atoms with Crippen molar-refractivity contribution in [1.29, 1.82) is 0 Å². The standard InChI is InChI=1S/C20H30ClN7O/c1-3-19-25-24-16-28(19)9-8-23-20(22-2)27-12-10-26(11-13-27)14-15-29-18-6-4-17(21)5-7-18/h4-7,16H,3,8-15H2,1-2H3,(H,22,23). The summed E-state index contributed by atoms with van der Waals surface area (Å²) in [7, 11) is 1.84. The SMILES string of the molecule is CCc1nncn1CCNC(=NC)N1CCN(CCOc2ccc(Cl)cc2)CC1. The van der Waals surface area contributed by atoms with Crippen LogP contribution in [-0.2, 0) is 13.0 Å². The molecule has 0 spiro atoms. The molecule has 0 saturated carbocycles. The molecule has 0 aliphatic carbocycles. The van der Waals surface area contributed by atoms with Crippen molar-refractivity contribution in [2.75, 3.05) is 52.9 Å². The van der Waals surface area contributed by atoms with Crippen molar-refractivity contribution < 1.29 is 4.74 Å². The number of ether oxygens (including phenoxy) is 1. The number of nitrogens with one attached hydrogen (secondary N) is 1. The lowest BCUT2D eigenvalue weighted by Gasteiger charge is -2.36. The van der Waals surface area contributed by atoms with Crippen molar-refractivity contribution in [3.05, 3.63) is 41.4 Å². The summed E-state index contributed by atoms with van der Waals surface area (Å²) in [6.07, 6.45) is 2.67. The van der Waals surface area contributed by atoms with Crippen LogP contribution in [0.4, 0.5) is 0 Å². The number of hydrogen-bond acceptors (Lipinski definition) is 5. The number of nitrogens with zero attached hydrogens (tertiary/aromatic N) is 6. The van der Waals surface area contributed by atoms with E-state index in [0.717, 1.165) is 74.8 Å². The van der Waals surface area contributed by atoms with Gasteiger partial charge in [-0.05, 0) is 24.3 Å². The van der Waals surface area contributed by atoms with Crippen LogP contribution in [0.5, 0.6) is 5.75 Å². The monoisotopic (exact) mass is 419 g/mol. The Morgan fingerprint density at radius 3 is 2.62 bits per heavy atom. The van der Waals surface area contributed by atoms with Crippen molar-refractivity contribution >= 4 is 17.6 Å². The van der Waals surface area contributed by atoms with Crippen LogP contribution in [0.1, 0.15) is 12.7 Å². The quantitative estimate of drug-likeness (QED) is 0.519. The molecule has 158 valence electrons. The predicted molar refractivity (Wildman–Crippen MR) is 116 cm³/mol. The van der Waals surface area contributed by atoms with Gasteiger partial charge in [-0.1, -0.05) is 18.5 Å². The van der Waals surface area contributed by atoms with Crippen LogP contribution in [0.3, 0.4) is 0 Å². The molecule has 1 aliphatic rings. The lowest BCUT2D eigenvalue weighted by atomic mass is 10.3. The molecule has 1 saturated heterocycles. The number of benzene rings is 1. The van der Waals surface area contributed by atoms with Crippen LogP contribution in [0, 0.1) is 0 Å². The molecule has 1 fully saturated rings. The Hall–Kier alpha value is -2.32. The molecule has 0 bridgehead atoms.